The van der Waals surface area contributed by atoms with Crippen molar-refractivity contribution in [2.45, 2.75) is 32.7 Å². The van der Waals surface area contributed by atoms with Crippen molar-refractivity contribution in [3.63, 3.8) is 0 Å². The molecule has 1 N–H and O–H groups in total. The number of likely N-dealkylation sites (tertiary alicyclic amines) is 1. The topological polar surface area (TPSA) is 74.7 Å². The van der Waals surface area contributed by atoms with Crippen LogP contribution in [-0.4, -0.2) is 33.8 Å². The van der Waals surface area contributed by atoms with Gasteiger partial charge in [0.15, 0.2) is 0 Å². The minimum atomic E-state index is -1.07. The summed E-state index contributed by atoms with van der Waals surface area (Å²) in [6, 6.07) is -1.01. The van der Waals surface area contributed by atoms with Crippen LogP contribution in [0.25, 0.3) is 0 Å². The zero-order valence-corrected chi connectivity index (χ0v) is 12.8. The van der Waals surface area contributed by atoms with E-state index in [0.717, 1.165) is 11.3 Å². The molecule has 3 fully saturated rings. The third-order valence-corrected chi connectivity index (χ3v) is 5.99. The predicted octanol–water partition coefficient (Wildman–Crippen LogP) is 1.54. The third kappa shape index (κ3) is 1.68. The van der Waals surface area contributed by atoms with Gasteiger partial charge in [0.2, 0.25) is 11.8 Å². The first kappa shape index (κ1) is 14.0. The van der Waals surface area contributed by atoms with E-state index in [0.29, 0.717) is 18.3 Å². The van der Waals surface area contributed by atoms with E-state index in [1.165, 1.54) is 0 Å². The Morgan fingerprint density at radius 2 is 1.68 bits per heavy atom. The standard InChI is InChI=1S/C17H21NO4/c1-7(2)5-12(17(21)22)18-15(19)13-8-3-4-9(11-6-10(8)11)14(13)16(18)20/h3-4,7-14H,5-6H2,1-2H3,(H,21,22)/t8-,9-,10-,11+,12+,13+,14+/m1/s1. The Morgan fingerprint density at radius 3 is 2.09 bits per heavy atom. The highest BCUT2D eigenvalue weighted by Gasteiger charge is 2.67. The number of allylic oxidation sites excluding steroid dienone is 2. The maximum Gasteiger partial charge on any atom is 0.326 e. The molecule has 5 nitrogen and oxygen atoms in total. The lowest BCUT2D eigenvalue weighted by molar-refractivity contribution is -0.155. The highest BCUT2D eigenvalue weighted by atomic mass is 16.4. The van der Waals surface area contributed by atoms with E-state index in [-0.39, 0.29) is 41.4 Å². The van der Waals surface area contributed by atoms with E-state index in [2.05, 4.69) is 12.2 Å². The van der Waals surface area contributed by atoms with Crippen molar-refractivity contribution in [1.82, 2.24) is 4.90 Å². The van der Waals surface area contributed by atoms with E-state index >= 15 is 0 Å². The van der Waals surface area contributed by atoms with Crippen LogP contribution >= 0.6 is 0 Å². The first-order chi connectivity index (χ1) is 10.4. The van der Waals surface area contributed by atoms with Crippen molar-refractivity contribution >= 4 is 17.8 Å². The summed E-state index contributed by atoms with van der Waals surface area (Å²) >= 11 is 0. The molecule has 4 aliphatic carbocycles. The van der Waals surface area contributed by atoms with Crippen LogP contribution in [0.1, 0.15) is 26.7 Å². The van der Waals surface area contributed by atoms with E-state index in [4.69, 9.17) is 0 Å². The summed E-state index contributed by atoms with van der Waals surface area (Å²) in [6.07, 6.45) is 5.64. The maximum absolute atomic E-state index is 12.8. The summed E-state index contributed by atoms with van der Waals surface area (Å²) in [5.74, 6) is -0.666. The molecule has 2 saturated carbocycles. The van der Waals surface area contributed by atoms with Gasteiger partial charge in [0.25, 0.3) is 0 Å². The molecule has 0 spiro atoms. The fourth-order valence-corrected chi connectivity index (χ4v) is 5.05. The van der Waals surface area contributed by atoms with Crippen molar-refractivity contribution in [2.24, 2.45) is 41.4 Å². The minimum absolute atomic E-state index is 0.118. The van der Waals surface area contributed by atoms with Gasteiger partial charge >= 0.3 is 5.97 Å². The van der Waals surface area contributed by atoms with Gasteiger partial charge in [0.1, 0.15) is 6.04 Å². The van der Waals surface area contributed by atoms with Gasteiger partial charge in [0.05, 0.1) is 11.8 Å². The molecular weight excluding hydrogens is 282 g/mol. The number of carboxylic acids is 1. The highest BCUT2D eigenvalue weighted by Crippen LogP contribution is 2.65. The van der Waals surface area contributed by atoms with E-state index < -0.39 is 12.0 Å². The molecular formula is C17H21NO4. The second kappa shape index (κ2) is 4.43. The molecule has 5 heteroatoms. The number of rotatable bonds is 4. The van der Waals surface area contributed by atoms with E-state index in [1.54, 1.807) is 0 Å². The number of aliphatic carboxylic acids is 1. The second-order valence-corrected chi connectivity index (χ2v) is 7.68. The number of carbonyl (C=O) groups excluding carboxylic acids is 2. The molecule has 0 aromatic heterocycles. The van der Waals surface area contributed by atoms with Crippen molar-refractivity contribution in [3.05, 3.63) is 12.2 Å². The Morgan fingerprint density at radius 1 is 1.18 bits per heavy atom. The smallest absolute Gasteiger partial charge is 0.326 e. The Hall–Kier alpha value is -1.65. The molecule has 5 rings (SSSR count). The van der Waals surface area contributed by atoms with E-state index in [9.17, 15) is 19.5 Å². The minimum Gasteiger partial charge on any atom is -0.480 e. The fraction of sp³-hybridized carbons (Fsp3) is 0.706. The molecule has 118 valence electrons. The molecule has 0 aromatic rings. The number of carbonyl (C=O) groups is 3. The SMILES string of the molecule is CC(C)C[C@@H](C(=O)O)N1C(=O)[C@H]2[C@@H]3C=C[C@H]([C@@H]4C[C@H]34)[C@@H]2C1=O. The van der Waals surface area contributed by atoms with Crippen LogP contribution in [-0.2, 0) is 14.4 Å². The van der Waals surface area contributed by atoms with Gasteiger partial charge < -0.3 is 5.11 Å². The molecule has 2 bridgehead atoms. The molecule has 7 atom stereocenters. The fourth-order valence-electron chi connectivity index (χ4n) is 5.05. The van der Waals surface area contributed by atoms with Crippen LogP contribution in [0, 0.1) is 41.4 Å². The molecule has 1 saturated heterocycles. The number of amides is 2. The van der Waals surface area contributed by atoms with Gasteiger partial charge in [-0.25, -0.2) is 4.79 Å². The van der Waals surface area contributed by atoms with Crippen molar-refractivity contribution in [3.8, 4) is 0 Å². The summed E-state index contributed by atoms with van der Waals surface area (Å²) < 4.78 is 0. The largest absolute Gasteiger partial charge is 0.480 e. The number of hydrogen-bond acceptors (Lipinski definition) is 3. The normalized spacial score (nSPS) is 42.6. The Kier molecular flexibility index (Phi) is 2.81. The highest BCUT2D eigenvalue weighted by molar-refractivity contribution is 6.08. The second-order valence-electron chi connectivity index (χ2n) is 7.68. The number of imide groups is 1. The number of nitrogens with zero attached hydrogens (tertiary/aromatic N) is 1. The van der Waals surface area contributed by atoms with Crippen LogP contribution in [0.2, 0.25) is 0 Å². The zero-order valence-electron chi connectivity index (χ0n) is 12.8. The number of carboxylic acid groups (broad SMARTS) is 1. The molecule has 5 aliphatic rings. The van der Waals surface area contributed by atoms with Crippen LogP contribution in [0.3, 0.4) is 0 Å². The molecule has 0 unspecified atom stereocenters. The summed E-state index contributed by atoms with van der Waals surface area (Å²) in [5.41, 5.74) is 0. The Labute approximate surface area is 129 Å². The van der Waals surface area contributed by atoms with Crippen LogP contribution in [0.4, 0.5) is 0 Å². The molecule has 2 amide bonds. The van der Waals surface area contributed by atoms with Crippen molar-refractivity contribution < 1.29 is 19.5 Å². The predicted molar refractivity (Wildman–Crippen MR) is 77.4 cm³/mol. The average molecular weight is 303 g/mol. The van der Waals surface area contributed by atoms with Gasteiger partial charge in [-0.05, 0) is 42.4 Å². The quantitative estimate of drug-likeness (QED) is 0.631. The van der Waals surface area contributed by atoms with Gasteiger partial charge in [-0.15, -0.1) is 0 Å². The maximum atomic E-state index is 12.8. The van der Waals surface area contributed by atoms with Gasteiger partial charge in [-0.2, -0.15) is 0 Å². The van der Waals surface area contributed by atoms with Gasteiger partial charge in [0, 0.05) is 0 Å². The summed E-state index contributed by atoms with van der Waals surface area (Å²) in [7, 11) is 0. The molecule has 1 heterocycles. The Bertz CT molecular complexity index is 559. The van der Waals surface area contributed by atoms with Crippen LogP contribution in [0.15, 0.2) is 12.2 Å². The first-order valence-corrected chi connectivity index (χ1v) is 8.20. The lowest BCUT2D eigenvalue weighted by atomic mass is 9.63. The number of hydrogen-bond donors (Lipinski definition) is 1. The van der Waals surface area contributed by atoms with Crippen LogP contribution < -0.4 is 0 Å². The first-order valence-electron chi connectivity index (χ1n) is 8.20. The van der Waals surface area contributed by atoms with Gasteiger partial charge in [-0.3, -0.25) is 14.5 Å². The summed E-state index contributed by atoms with van der Waals surface area (Å²) in [6.45, 7) is 3.82. The third-order valence-electron chi connectivity index (χ3n) is 5.99. The summed E-state index contributed by atoms with van der Waals surface area (Å²) in [5, 5.41) is 9.50. The lowest BCUT2D eigenvalue weighted by Gasteiger charge is -2.37. The van der Waals surface area contributed by atoms with Gasteiger partial charge in [-0.1, -0.05) is 26.0 Å². The molecule has 22 heavy (non-hydrogen) atoms. The molecule has 1 aliphatic heterocycles. The van der Waals surface area contributed by atoms with Crippen LogP contribution in [0.5, 0.6) is 0 Å². The van der Waals surface area contributed by atoms with Crippen molar-refractivity contribution in [1.29, 1.82) is 0 Å². The Balaban J connectivity index is 1.68. The monoisotopic (exact) mass is 303 g/mol. The zero-order chi connectivity index (χ0) is 15.8. The van der Waals surface area contributed by atoms with E-state index in [1.807, 2.05) is 13.8 Å². The molecule has 0 aromatic carbocycles. The molecule has 0 radical (unpaired) electrons. The lowest BCUT2D eigenvalue weighted by Crippen LogP contribution is -2.46. The summed E-state index contributed by atoms with van der Waals surface area (Å²) in [4.78, 5) is 38.4. The average Bonchev–Trinajstić information content (AvgIpc) is 3.22. The van der Waals surface area contributed by atoms with Crippen molar-refractivity contribution in [2.75, 3.05) is 0 Å².